The Morgan fingerprint density at radius 2 is 1.88 bits per heavy atom. The van der Waals surface area contributed by atoms with Gasteiger partial charge in [0, 0.05) is 6.54 Å². The Morgan fingerprint density at radius 1 is 1.24 bits per heavy atom. The van der Waals surface area contributed by atoms with Crippen LogP contribution in [0.15, 0.2) is 0 Å². The second kappa shape index (κ2) is 4.83. The first-order valence-electron chi connectivity index (χ1n) is 6.01. The van der Waals surface area contributed by atoms with Gasteiger partial charge in [-0.15, -0.1) is 0 Å². The van der Waals surface area contributed by atoms with Gasteiger partial charge < -0.3 is 0 Å². The lowest BCUT2D eigenvalue weighted by atomic mass is 9.94. The molecule has 0 aromatic carbocycles. The molecular weight excluding hydrogens is 222 g/mol. The van der Waals surface area contributed by atoms with Crippen molar-refractivity contribution in [2.75, 3.05) is 13.1 Å². The van der Waals surface area contributed by atoms with E-state index in [-0.39, 0.29) is 0 Å². The van der Waals surface area contributed by atoms with Gasteiger partial charge in [-0.2, -0.15) is 0 Å². The predicted octanol–water partition coefficient (Wildman–Crippen LogP) is -0.157. The lowest BCUT2D eigenvalue weighted by molar-refractivity contribution is -0.138. The summed E-state index contributed by atoms with van der Waals surface area (Å²) in [5.41, 5.74) is 0. The number of barbiturate groups is 1. The molecule has 0 bridgehead atoms. The number of carbonyl (C=O) groups excluding carboxylic acids is 3. The number of nitrogens with one attached hydrogen (secondary N) is 2. The first-order chi connectivity index (χ1) is 8.11. The molecule has 94 valence electrons. The van der Waals surface area contributed by atoms with Crippen molar-refractivity contribution >= 4 is 17.8 Å². The normalized spacial score (nSPS) is 27.8. The number of urea groups is 1. The molecular formula is C11H17N3O3. The molecule has 2 rings (SSSR count). The molecule has 2 N–H and O–H groups in total. The van der Waals surface area contributed by atoms with Crippen LogP contribution in [0.25, 0.3) is 0 Å². The summed E-state index contributed by atoms with van der Waals surface area (Å²) >= 11 is 0. The van der Waals surface area contributed by atoms with E-state index < -0.39 is 23.9 Å². The molecule has 2 aliphatic rings. The maximum Gasteiger partial charge on any atom is 0.328 e. The van der Waals surface area contributed by atoms with E-state index in [1.807, 2.05) is 4.90 Å². The highest BCUT2D eigenvalue weighted by molar-refractivity contribution is 6.18. The second-order valence-electron chi connectivity index (χ2n) is 4.62. The monoisotopic (exact) mass is 239 g/mol. The molecule has 0 radical (unpaired) electrons. The van der Waals surface area contributed by atoms with Gasteiger partial charge in [-0.05, 0) is 25.3 Å². The van der Waals surface area contributed by atoms with E-state index in [2.05, 4.69) is 17.6 Å². The zero-order valence-electron chi connectivity index (χ0n) is 9.86. The number of carbonyl (C=O) groups is 3. The van der Waals surface area contributed by atoms with Crippen molar-refractivity contribution < 1.29 is 14.4 Å². The number of rotatable bonds is 2. The Bertz CT molecular complexity index is 336. The average molecular weight is 239 g/mol. The van der Waals surface area contributed by atoms with E-state index in [4.69, 9.17) is 0 Å². The summed E-state index contributed by atoms with van der Waals surface area (Å²) in [5.74, 6) is -0.479. The van der Waals surface area contributed by atoms with Crippen molar-refractivity contribution in [3.63, 3.8) is 0 Å². The van der Waals surface area contributed by atoms with Crippen LogP contribution >= 0.6 is 0 Å². The smallest absolute Gasteiger partial charge is 0.284 e. The van der Waals surface area contributed by atoms with E-state index >= 15 is 0 Å². The van der Waals surface area contributed by atoms with Crippen LogP contribution in [0.2, 0.25) is 0 Å². The quantitative estimate of drug-likeness (QED) is 0.656. The second-order valence-corrected chi connectivity index (χ2v) is 4.62. The van der Waals surface area contributed by atoms with Gasteiger partial charge in [0.05, 0.1) is 0 Å². The minimum atomic E-state index is -0.845. The van der Waals surface area contributed by atoms with Crippen molar-refractivity contribution in [3.05, 3.63) is 0 Å². The summed E-state index contributed by atoms with van der Waals surface area (Å²) in [7, 11) is 0. The molecule has 1 unspecified atom stereocenters. The largest absolute Gasteiger partial charge is 0.328 e. The number of amides is 4. The Hall–Kier alpha value is -1.43. The minimum Gasteiger partial charge on any atom is -0.284 e. The van der Waals surface area contributed by atoms with Crippen LogP contribution in [-0.2, 0) is 9.59 Å². The fourth-order valence-corrected chi connectivity index (χ4v) is 2.51. The van der Waals surface area contributed by atoms with Gasteiger partial charge in [0.2, 0.25) is 0 Å². The van der Waals surface area contributed by atoms with Crippen LogP contribution in [0.1, 0.15) is 26.2 Å². The molecule has 1 atom stereocenters. The molecule has 2 fully saturated rings. The Morgan fingerprint density at radius 3 is 2.47 bits per heavy atom. The third kappa shape index (κ3) is 2.46. The van der Waals surface area contributed by atoms with E-state index in [0.29, 0.717) is 5.92 Å². The first-order valence-corrected chi connectivity index (χ1v) is 6.01. The number of nitrogens with zero attached hydrogens (tertiary/aromatic N) is 1. The number of likely N-dealkylation sites (tertiary alicyclic amines) is 1. The Kier molecular flexibility index (Phi) is 3.42. The zero-order chi connectivity index (χ0) is 12.4. The number of hydrogen-bond donors (Lipinski definition) is 2. The third-order valence-corrected chi connectivity index (χ3v) is 3.46. The summed E-state index contributed by atoms with van der Waals surface area (Å²) in [6.07, 6.45) is 3.18. The molecule has 2 saturated heterocycles. The molecule has 2 heterocycles. The Labute approximate surface area is 99.7 Å². The molecule has 6 heteroatoms. The van der Waals surface area contributed by atoms with Crippen molar-refractivity contribution in [2.45, 2.75) is 32.2 Å². The standard InChI is InChI=1S/C11H17N3O3/c1-2-7-4-3-5-14(6-7)8-9(15)12-11(17)13-10(8)16/h7-8H,2-6H2,1H3,(H2,12,13,15,16,17). The predicted molar refractivity (Wildman–Crippen MR) is 60.1 cm³/mol. The summed E-state index contributed by atoms with van der Waals surface area (Å²) in [6, 6.07) is -1.57. The van der Waals surface area contributed by atoms with Crippen molar-refractivity contribution in [1.82, 2.24) is 15.5 Å². The number of imide groups is 2. The van der Waals surface area contributed by atoms with Gasteiger partial charge in [0.15, 0.2) is 6.04 Å². The fourth-order valence-electron chi connectivity index (χ4n) is 2.51. The molecule has 17 heavy (non-hydrogen) atoms. The number of hydrogen-bond acceptors (Lipinski definition) is 4. The van der Waals surface area contributed by atoms with Gasteiger partial charge in [-0.1, -0.05) is 13.3 Å². The van der Waals surface area contributed by atoms with Crippen LogP contribution in [0.3, 0.4) is 0 Å². The van der Waals surface area contributed by atoms with E-state index in [1.54, 1.807) is 0 Å². The summed E-state index contributed by atoms with van der Waals surface area (Å²) in [5, 5.41) is 4.28. The van der Waals surface area contributed by atoms with Crippen molar-refractivity contribution in [1.29, 1.82) is 0 Å². The SMILES string of the molecule is CCC1CCCN(C2C(=O)NC(=O)NC2=O)C1. The maximum atomic E-state index is 11.7. The Balaban J connectivity index is 2.07. The zero-order valence-corrected chi connectivity index (χ0v) is 9.86. The summed E-state index contributed by atoms with van der Waals surface area (Å²) in [4.78, 5) is 36.2. The lowest BCUT2D eigenvalue weighted by Gasteiger charge is -2.37. The molecule has 0 aromatic rings. The van der Waals surface area contributed by atoms with Gasteiger partial charge in [0.25, 0.3) is 11.8 Å². The molecule has 0 saturated carbocycles. The van der Waals surface area contributed by atoms with Crippen LogP contribution in [0.5, 0.6) is 0 Å². The highest BCUT2D eigenvalue weighted by Gasteiger charge is 2.40. The topological polar surface area (TPSA) is 78.5 Å². The fraction of sp³-hybridized carbons (Fsp3) is 0.727. The highest BCUT2D eigenvalue weighted by Crippen LogP contribution is 2.21. The van der Waals surface area contributed by atoms with Gasteiger partial charge in [0.1, 0.15) is 0 Å². The van der Waals surface area contributed by atoms with E-state index in [0.717, 1.165) is 32.4 Å². The van der Waals surface area contributed by atoms with Crippen LogP contribution in [0.4, 0.5) is 4.79 Å². The van der Waals surface area contributed by atoms with Crippen molar-refractivity contribution in [2.24, 2.45) is 5.92 Å². The molecule has 4 amide bonds. The van der Waals surface area contributed by atoms with Gasteiger partial charge in [-0.25, -0.2) is 4.79 Å². The highest BCUT2D eigenvalue weighted by atomic mass is 16.2. The van der Waals surface area contributed by atoms with E-state index in [1.165, 1.54) is 0 Å². The first kappa shape index (κ1) is 12.0. The van der Waals surface area contributed by atoms with Crippen LogP contribution < -0.4 is 10.6 Å². The van der Waals surface area contributed by atoms with Crippen molar-refractivity contribution in [3.8, 4) is 0 Å². The van der Waals surface area contributed by atoms with Gasteiger partial charge >= 0.3 is 6.03 Å². The number of piperidine rings is 1. The maximum absolute atomic E-state index is 11.7. The third-order valence-electron chi connectivity index (χ3n) is 3.46. The molecule has 0 spiro atoms. The summed E-state index contributed by atoms with van der Waals surface area (Å²) < 4.78 is 0. The molecule has 0 aromatic heterocycles. The molecule has 2 aliphatic heterocycles. The molecule has 0 aliphatic carbocycles. The summed E-state index contributed by atoms with van der Waals surface area (Å²) in [6.45, 7) is 3.59. The van der Waals surface area contributed by atoms with Gasteiger partial charge in [-0.3, -0.25) is 25.1 Å². The lowest BCUT2D eigenvalue weighted by Crippen LogP contribution is -2.65. The average Bonchev–Trinajstić information content (AvgIpc) is 2.28. The van der Waals surface area contributed by atoms with Crippen LogP contribution in [0, 0.1) is 5.92 Å². The molecule has 6 nitrogen and oxygen atoms in total. The van der Waals surface area contributed by atoms with E-state index in [9.17, 15) is 14.4 Å². The van der Waals surface area contributed by atoms with Crippen LogP contribution in [-0.4, -0.2) is 41.9 Å². The minimum absolute atomic E-state index is 0.504.